The normalized spacial score (nSPS) is 19.8. The Hall–Kier alpha value is -1.44. The van der Waals surface area contributed by atoms with Crippen LogP contribution in [0.25, 0.3) is 0 Å². The number of likely N-dealkylation sites (N-methyl/N-ethyl adjacent to an activating group) is 1. The number of benzene rings is 1. The van der Waals surface area contributed by atoms with Crippen LogP contribution in [0, 0.1) is 17.1 Å². The van der Waals surface area contributed by atoms with Gasteiger partial charge in [-0.3, -0.25) is 4.90 Å². The smallest absolute Gasteiger partial charge is 0.127 e. The summed E-state index contributed by atoms with van der Waals surface area (Å²) in [5.74, 6) is -0.213. The predicted molar refractivity (Wildman–Crippen MR) is 73.1 cm³/mol. The maximum absolute atomic E-state index is 13.8. The first-order valence-corrected chi connectivity index (χ1v) is 6.67. The number of likely N-dealkylation sites (tertiary alicyclic amines) is 1. The Bertz CT molecular complexity index is 479. The summed E-state index contributed by atoms with van der Waals surface area (Å²) in [6.45, 7) is 2.61. The fraction of sp³-hybridized carbons (Fsp3) is 0.533. The van der Waals surface area contributed by atoms with Crippen LogP contribution in [0.1, 0.15) is 24.0 Å². The van der Waals surface area contributed by atoms with Crippen molar-refractivity contribution >= 4 is 0 Å². The van der Waals surface area contributed by atoms with Gasteiger partial charge < -0.3 is 4.90 Å². The second-order valence-electron chi connectivity index (χ2n) is 5.45. The van der Waals surface area contributed by atoms with Gasteiger partial charge in [-0.2, -0.15) is 5.26 Å². The van der Waals surface area contributed by atoms with E-state index in [4.69, 9.17) is 5.26 Å². The molecule has 0 bridgehead atoms. The number of hydrogen-bond donors (Lipinski definition) is 0. The highest BCUT2D eigenvalue weighted by atomic mass is 19.1. The minimum absolute atomic E-state index is 0.213. The van der Waals surface area contributed by atoms with Crippen LogP contribution in [0.3, 0.4) is 0 Å². The molecular formula is C15H20FN3. The topological polar surface area (TPSA) is 30.3 Å². The quantitative estimate of drug-likeness (QED) is 0.832. The van der Waals surface area contributed by atoms with Crippen molar-refractivity contribution in [3.8, 4) is 6.07 Å². The summed E-state index contributed by atoms with van der Waals surface area (Å²) < 4.78 is 13.8. The molecular weight excluding hydrogens is 241 g/mol. The third-order valence-electron chi connectivity index (χ3n) is 3.62. The molecule has 0 spiro atoms. The molecule has 3 nitrogen and oxygen atoms in total. The summed E-state index contributed by atoms with van der Waals surface area (Å²) in [7, 11) is 4.13. The highest BCUT2D eigenvalue weighted by Gasteiger charge is 2.25. The van der Waals surface area contributed by atoms with Gasteiger partial charge in [0.1, 0.15) is 5.82 Å². The number of nitriles is 1. The molecule has 1 fully saturated rings. The van der Waals surface area contributed by atoms with Crippen molar-refractivity contribution in [2.24, 2.45) is 0 Å². The average Bonchev–Trinajstić information content (AvgIpc) is 2.78. The summed E-state index contributed by atoms with van der Waals surface area (Å²) in [4.78, 5) is 4.49. The molecule has 102 valence electrons. The molecule has 0 N–H and O–H groups in total. The predicted octanol–water partition coefficient (Wildman–Crippen LogP) is 2.22. The van der Waals surface area contributed by atoms with Gasteiger partial charge in [-0.1, -0.05) is 0 Å². The van der Waals surface area contributed by atoms with E-state index < -0.39 is 0 Å². The lowest BCUT2D eigenvalue weighted by molar-refractivity contribution is 0.199. The van der Waals surface area contributed by atoms with Gasteiger partial charge in [-0.25, -0.2) is 4.39 Å². The molecule has 0 saturated carbocycles. The second-order valence-corrected chi connectivity index (χ2v) is 5.45. The second kappa shape index (κ2) is 6.14. The Kier molecular flexibility index (Phi) is 4.52. The van der Waals surface area contributed by atoms with Gasteiger partial charge in [0.25, 0.3) is 0 Å². The molecule has 1 aliphatic rings. The van der Waals surface area contributed by atoms with Crippen molar-refractivity contribution in [2.45, 2.75) is 25.4 Å². The van der Waals surface area contributed by atoms with Crippen molar-refractivity contribution in [3.05, 3.63) is 35.1 Å². The van der Waals surface area contributed by atoms with E-state index in [1.807, 2.05) is 0 Å². The van der Waals surface area contributed by atoms with Gasteiger partial charge in [0.2, 0.25) is 0 Å². The van der Waals surface area contributed by atoms with Gasteiger partial charge in [0.05, 0.1) is 11.6 Å². The minimum Gasteiger partial charge on any atom is -0.308 e. The van der Waals surface area contributed by atoms with Gasteiger partial charge in [0.15, 0.2) is 0 Å². The van der Waals surface area contributed by atoms with Crippen LogP contribution in [0.15, 0.2) is 18.2 Å². The fourth-order valence-corrected chi connectivity index (χ4v) is 2.72. The molecule has 0 aliphatic carbocycles. The minimum atomic E-state index is -0.213. The molecule has 1 heterocycles. The molecule has 0 aromatic heterocycles. The Morgan fingerprint density at radius 1 is 1.47 bits per heavy atom. The van der Waals surface area contributed by atoms with E-state index >= 15 is 0 Å². The first kappa shape index (κ1) is 14.0. The molecule has 4 heteroatoms. The van der Waals surface area contributed by atoms with Crippen LogP contribution >= 0.6 is 0 Å². The van der Waals surface area contributed by atoms with Crippen LogP contribution in [0.2, 0.25) is 0 Å². The summed E-state index contributed by atoms with van der Waals surface area (Å²) in [5.41, 5.74) is 1.16. The summed E-state index contributed by atoms with van der Waals surface area (Å²) in [6, 6.07) is 7.14. The Labute approximate surface area is 114 Å². The molecule has 0 radical (unpaired) electrons. The summed E-state index contributed by atoms with van der Waals surface area (Å²) in [6.07, 6.45) is 2.33. The summed E-state index contributed by atoms with van der Waals surface area (Å²) >= 11 is 0. The number of hydrogen-bond acceptors (Lipinski definition) is 3. The lowest BCUT2D eigenvalue weighted by Gasteiger charge is -2.27. The van der Waals surface area contributed by atoms with Crippen molar-refractivity contribution in [3.63, 3.8) is 0 Å². The highest BCUT2D eigenvalue weighted by molar-refractivity contribution is 5.33. The van der Waals surface area contributed by atoms with E-state index in [1.165, 1.54) is 12.1 Å². The number of nitrogens with zero attached hydrogens (tertiary/aromatic N) is 3. The molecule has 2 rings (SSSR count). The lowest BCUT2D eigenvalue weighted by atomic mass is 10.1. The maximum atomic E-state index is 13.8. The SMILES string of the molecule is CN(C)CC1CCCN1Cc1cc(C#N)ccc1F. The Balaban J connectivity index is 2.10. The molecule has 1 aromatic rings. The fourth-order valence-electron chi connectivity index (χ4n) is 2.72. The van der Waals surface area contributed by atoms with Crippen LogP contribution in [-0.4, -0.2) is 43.0 Å². The van der Waals surface area contributed by atoms with Crippen molar-refractivity contribution in [2.75, 3.05) is 27.2 Å². The zero-order valence-corrected chi connectivity index (χ0v) is 11.6. The standard InChI is InChI=1S/C15H20FN3/c1-18(2)11-14-4-3-7-19(14)10-13-8-12(9-17)5-6-15(13)16/h5-6,8,14H,3-4,7,10-11H2,1-2H3. The number of halogens is 1. The first-order valence-electron chi connectivity index (χ1n) is 6.67. The maximum Gasteiger partial charge on any atom is 0.127 e. The van der Waals surface area contributed by atoms with Crippen molar-refractivity contribution in [1.82, 2.24) is 9.80 Å². The largest absolute Gasteiger partial charge is 0.308 e. The third kappa shape index (κ3) is 3.52. The van der Waals surface area contributed by atoms with Crippen molar-refractivity contribution in [1.29, 1.82) is 5.26 Å². The van der Waals surface area contributed by atoms with Crippen LogP contribution in [-0.2, 0) is 6.54 Å². The Morgan fingerprint density at radius 2 is 2.26 bits per heavy atom. The molecule has 1 aliphatic heterocycles. The van der Waals surface area contributed by atoms with E-state index in [0.29, 0.717) is 23.7 Å². The van der Waals surface area contributed by atoms with Gasteiger partial charge in [0, 0.05) is 24.7 Å². The molecule has 19 heavy (non-hydrogen) atoms. The van der Waals surface area contributed by atoms with E-state index in [2.05, 4.69) is 30.0 Å². The lowest BCUT2D eigenvalue weighted by Crippen LogP contribution is -2.37. The Morgan fingerprint density at radius 3 is 2.95 bits per heavy atom. The van der Waals surface area contributed by atoms with Crippen LogP contribution < -0.4 is 0 Å². The van der Waals surface area contributed by atoms with Crippen LogP contribution in [0.4, 0.5) is 4.39 Å². The number of rotatable bonds is 4. The molecule has 1 unspecified atom stereocenters. The zero-order chi connectivity index (χ0) is 13.8. The van der Waals surface area contributed by atoms with E-state index in [-0.39, 0.29) is 5.82 Å². The van der Waals surface area contributed by atoms with Crippen LogP contribution in [0.5, 0.6) is 0 Å². The molecule has 1 aromatic carbocycles. The molecule has 1 saturated heterocycles. The van der Waals surface area contributed by atoms with Crippen molar-refractivity contribution < 1.29 is 4.39 Å². The first-order chi connectivity index (χ1) is 9.10. The van der Waals surface area contributed by atoms with Gasteiger partial charge in [-0.05, 0) is 51.7 Å². The zero-order valence-electron chi connectivity index (χ0n) is 11.6. The van der Waals surface area contributed by atoms with E-state index in [9.17, 15) is 4.39 Å². The highest BCUT2D eigenvalue weighted by Crippen LogP contribution is 2.22. The monoisotopic (exact) mass is 261 g/mol. The third-order valence-corrected chi connectivity index (χ3v) is 3.62. The molecule has 0 amide bonds. The molecule has 1 atom stereocenters. The van der Waals surface area contributed by atoms with E-state index in [1.54, 1.807) is 6.07 Å². The average molecular weight is 261 g/mol. The summed E-state index contributed by atoms with van der Waals surface area (Å²) in [5, 5.41) is 8.89. The van der Waals surface area contributed by atoms with Gasteiger partial charge in [-0.15, -0.1) is 0 Å². The van der Waals surface area contributed by atoms with E-state index in [0.717, 1.165) is 25.9 Å². The van der Waals surface area contributed by atoms with Gasteiger partial charge >= 0.3 is 0 Å².